The van der Waals surface area contributed by atoms with Gasteiger partial charge in [0, 0.05) is 18.1 Å². The Bertz CT molecular complexity index is 853. The number of nitrogens with one attached hydrogen (secondary N) is 1. The number of carbonyl (C=O) groups is 3. The fourth-order valence-electron chi connectivity index (χ4n) is 2.83. The van der Waals surface area contributed by atoms with Crippen molar-refractivity contribution in [2.24, 2.45) is 5.92 Å². The Hall–Kier alpha value is -2.70. The third-order valence-electron chi connectivity index (χ3n) is 4.35. The van der Waals surface area contributed by atoms with Crippen LogP contribution in [-0.4, -0.2) is 55.3 Å². The molecule has 14 heteroatoms. The topological polar surface area (TPSA) is 84.9 Å². The normalized spacial score (nSPS) is 15.3. The molecular weight excluding hydrogens is 474 g/mol. The van der Waals surface area contributed by atoms with Crippen molar-refractivity contribution < 1.29 is 50.2 Å². The molecule has 1 aliphatic heterocycles. The summed E-state index contributed by atoms with van der Waals surface area (Å²) in [6, 6.07) is 2.74. The molecule has 1 saturated heterocycles. The molecule has 1 aliphatic rings. The Labute approximate surface area is 182 Å². The molecule has 1 aromatic carbocycles. The number of piperidine rings is 1. The number of ether oxygens (including phenoxy) is 2. The molecule has 0 radical (unpaired) electrons. The van der Waals surface area contributed by atoms with Crippen LogP contribution in [0.5, 0.6) is 0 Å². The van der Waals surface area contributed by atoms with Gasteiger partial charge in [-0.25, -0.2) is 4.79 Å². The van der Waals surface area contributed by atoms with Crippen LogP contribution < -0.4 is 5.32 Å². The highest BCUT2D eigenvalue weighted by Gasteiger charge is 2.35. The first-order valence-electron chi connectivity index (χ1n) is 9.08. The second-order valence-corrected chi connectivity index (χ2v) is 7.21. The summed E-state index contributed by atoms with van der Waals surface area (Å²) in [5, 5.41) is 1.81. The summed E-state index contributed by atoms with van der Waals surface area (Å²) in [5.41, 5.74) is -1.73. The van der Waals surface area contributed by atoms with Crippen LogP contribution in [0.3, 0.4) is 0 Å². The molecule has 1 fully saturated rings. The molecule has 0 atom stereocenters. The molecule has 1 N–H and O–H groups in total. The van der Waals surface area contributed by atoms with Crippen LogP contribution in [0.15, 0.2) is 18.2 Å². The van der Waals surface area contributed by atoms with Crippen LogP contribution in [0.2, 0.25) is 5.02 Å². The van der Waals surface area contributed by atoms with E-state index in [1.54, 1.807) is 0 Å². The highest BCUT2D eigenvalue weighted by atomic mass is 35.5. The molecule has 7 nitrogen and oxygen atoms in total. The second kappa shape index (κ2) is 10.3. The number of nitrogens with zero attached hydrogens (tertiary/aromatic N) is 1. The number of hydrogen-bond acceptors (Lipinski definition) is 5. The first-order chi connectivity index (χ1) is 14.8. The van der Waals surface area contributed by atoms with Crippen molar-refractivity contribution in [3.63, 3.8) is 0 Å². The number of benzene rings is 1. The molecular formula is C18H17ClF6N2O5. The Balaban J connectivity index is 1.81. The molecule has 0 spiro atoms. The maximum atomic E-state index is 13.0. The number of alkyl halides is 6. The van der Waals surface area contributed by atoms with E-state index in [1.807, 2.05) is 5.32 Å². The first-order valence-corrected chi connectivity index (χ1v) is 9.46. The Morgan fingerprint density at radius 2 is 1.69 bits per heavy atom. The number of anilines is 1. The third kappa shape index (κ3) is 7.77. The molecule has 1 heterocycles. The lowest BCUT2D eigenvalue weighted by molar-refractivity contribution is -0.163. The smallest absolute Gasteiger partial charge is 0.422 e. The predicted molar refractivity (Wildman–Crippen MR) is 97.7 cm³/mol. The number of rotatable bonds is 5. The molecule has 178 valence electrons. The molecule has 0 aliphatic carbocycles. The summed E-state index contributed by atoms with van der Waals surface area (Å²) in [7, 11) is 0. The van der Waals surface area contributed by atoms with Crippen molar-refractivity contribution in [3.8, 4) is 0 Å². The minimum atomic E-state index is -4.78. The van der Waals surface area contributed by atoms with Crippen LogP contribution in [0, 0.1) is 5.92 Å². The zero-order chi connectivity index (χ0) is 24.1. The third-order valence-corrected chi connectivity index (χ3v) is 4.59. The molecule has 32 heavy (non-hydrogen) atoms. The summed E-state index contributed by atoms with van der Waals surface area (Å²) in [6.07, 6.45) is -10.5. The minimum Gasteiger partial charge on any atom is -0.455 e. The highest BCUT2D eigenvalue weighted by Crippen LogP contribution is 2.36. The van der Waals surface area contributed by atoms with Crippen molar-refractivity contribution in [3.05, 3.63) is 28.8 Å². The molecule has 0 aromatic heterocycles. The lowest BCUT2D eigenvalue weighted by Crippen LogP contribution is -2.42. The van der Waals surface area contributed by atoms with Crippen LogP contribution in [0.25, 0.3) is 0 Å². The van der Waals surface area contributed by atoms with Gasteiger partial charge in [-0.2, -0.15) is 26.3 Å². The molecule has 1 aromatic rings. The number of amides is 2. The second-order valence-electron chi connectivity index (χ2n) is 6.77. The van der Waals surface area contributed by atoms with Gasteiger partial charge in [0.2, 0.25) is 0 Å². The van der Waals surface area contributed by atoms with E-state index in [0.717, 1.165) is 17.0 Å². The molecule has 2 rings (SSSR count). The van der Waals surface area contributed by atoms with Gasteiger partial charge in [-0.1, -0.05) is 11.6 Å². The van der Waals surface area contributed by atoms with E-state index in [4.69, 9.17) is 16.3 Å². The van der Waals surface area contributed by atoms with E-state index < -0.39 is 60.7 Å². The molecule has 2 amide bonds. The first kappa shape index (κ1) is 25.6. The van der Waals surface area contributed by atoms with Crippen molar-refractivity contribution in [2.45, 2.75) is 25.2 Å². The fourth-order valence-corrected chi connectivity index (χ4v) is 3.01. The molecule has 0 bridgehead atoms. The number of hydrogen-bond donors (Lipinski definition) is 1. The van der Waals surface area contributed by atoms with E-state index in [-0.39, 0.29) is 31.0 Å². The number of likely N-dealkylation sites (tertiary alicyclic amines) is 1. The van der Waals surface area contributed by atoms with Gasteiger partial charge in [-0.05, 0) is 31.0 Å². The molecule has 0 unspecified atom stereocenters. The van der Waals surface area contributed by atoms with Crippen molar-refractivity contribution in [1.29, 1.82) is 0 Å². The van der Waals surface area contributed by atoms with E-state index in [1.165, 1.54) is 0 Å². The number of esters is 1. The largest absolute Gasteiger partial charge is 0.455 e. The maximum Gasteiger partial charge on any atom is 0.422 e. The minimum absolute atomic E-state index is 0.0526. The zero-order valence-electron chi connectivity index (χ0n) is 16.2. The van der Waals surface area contributed by atoms with Crippen LogP contribution >= 0.6 is 11.6 Å². The van der Waals surface area contributed by atoms with Gasteiger partial charge in [-0.15, -0.1) is 0 Å². The average Bonchev–Trinajstić information content (AvgIpc) is 2.70. The Morgan fingerprint density at radius 3 is 2.25 bits per heavy atom. The van der Waals surface area contributed by atoms with Gasteiger partial charge in [0.05, 0.1) is 17.2 Å². The standard InChI is InChI=1S/C18H17ClF6N2O5/c19-11-1-2-13(12(7-11)18(23,24)25)26-14(28)8-31-15(29)10-3-5-27(6-4-10)16(30)32-9-17(20,21)22/h1-2,7,10H,3-6,8-9H2,(H,26,28). The van der Waals surface area contributed by atoms with E-state index in [0.29, 0.717) is 6.07 Å². The highest BCUT2D eigenvalue weighted by molar-refractivity contribution is 6.30. The van der Waals surface area contributed by atoms with E-state index >= 15 is 0 Å². The van der Waals surface area contributed by atoms with E-state index in [2.05, 4.69) is 4.74 Å². The maximum absolute atomic E-state index is 13.0. The lowest BCUT2D eigenvalue weighted by Gasteiger charge is -2.30. The van der Waals surface area contributed by atoms with Crippen LogP contribution in [0.4, 0.5) is 36.8 Å². The summed E-state index contributed by atoms with van der Waals surface area (Å²) < 4.78 is 84.3. The predicted octanol–water partition coefficient (Wildman–Crippen LogP) is 4.25. The van der Waals surface area contributed by atoms with Gasteiger partial charge in [0.15, 0.2) is 13.2 Å². The van der Waals surface area contributed by atoms with Gasteiger partial charge < -0.3 is 19.7 Å². The Morgan fingerprint density at radius 1 is 1.06 bits per heavy atom. The summed E-state index contributed by atoms with van der Waals surface area (Å²) in [6.45, 7) is -2.72. The van der Waals surface area contributed by atoms with E-state index in [9.17, 15) is 40.7 Å². The number of halogens is 7. The van der Waals surface area contributed by atoms with Crippen molar-refractivity contribution in [2.75, 3.05) is 31.6 Å². The molecule has 0 saturated carbocycles. The fraction of sp³-hybridized carbons (Fsp3) is 0.500. The SMILES string of the molecule is O=C(COC(=O)C1CCN(C(=O)OCC(F)(F)F)CC1)Nc1ccc(Cl)cc1C(F)(F)F. The van der Waals surface area contributed by atoms with Gasteiger partial charge in [-0.3, -0.25) is 9.59 Å². The zero-order valence-corrected chi connectivity index (χ0v) is 16.9. The van der Waals surface area contributed by atoms with Crippen molar-refractivity contribution in [1.82, 2.24) is 4.90 Å². The quantitative estimate of drug-likeness (QED) is 0.493. The lowest BCUT2D eigenvalue weighted by atomic mass is 9.97. The van der Waals surface area contributed by atoms with Gasteiger partial charge in [0.25, 0.3) is 5.91 Å². The average molecular weight is 491 g/mol. The summed E-state index contributed by atoms with van der Waals surface area (Å²) in [5.74, 6) is -2.58. The van der Waals surface area contributed by atoms with Crippen LogP contribution in [-0.2, 0) is 25.2 Å². The summed E-state index contributed by atoms with van der Waals surface area (Å²) in [4.78, 5) is 36.6. The monoisotopic (exact) mass is 490 g/mol. The van der Waals surface area contributed by atoms with Crippen molar-refractivity contribution >= 4 is 35.3 Å². The number of carbonyl (C=O) groups excluding carboxylic acids is 3. The summed E-state index contributed by atoms with van der Waals surface area (Å²) >= 11 is 5.55. The Kier molecular flexibility index (Phi) is 8.21. The van der Waals surface area contributed by atoms with Crippen LogP contribution in [0.1, 0.15) is 18.4 Å². The van der Waals surface area contributed by atoms with Gasteiger partial charge in [0.1, 0.15) is 0 Å². The van der Waals surface area contributed by atoms with Gasteiger partial charge >= 0.3 is 24.4 Å².